The fourth-order valence-electron chi connectivity index (χ4n) is 0.261. The van der Waals surface area contributed by atoms with Crippen LogP contribution in [0.3, 0.4) is 0 Å². The Bertz CT molecular complexity index is 120. The van der Waals surface area contributed by atoms with Gasteiger partial charge < -0.3 is 0 Å². The van der Waals surface area contributed by atoms with Gasteiger partial charge in [-0.2, -0.15) is 0 Å². The minimum Gasteiger partial charge on any atom is -0.246 e. The minimum absolute atomic E-state index is 0.157. The molecule has 0 aromatic carbocycles. The van der Waals surface area contributed by atoms with Crippen LogP contribution in [-0.2, 0) is 0 Å². The van der Waals surface area contributed by atoms with Crippen LogP contribution in [0.15, 0.2) is 12.3 Å². The Morgan fingerprint density at radius 2 is 1.88 bits per heavy atom. The molecule has 0 aliphatic carbocycles. The lowest BCUT2D eigenvalue weighted by Gasteiger charge is -2.09. The van der Waals surface area contributed by atoms with Crippen molar-refractivity contribution in [1.29, 1.82) is 0 Å². The Kier molecular flexibility index (Phi) is 2.27. The van der Waals surface area contributed by atoms with Crippen molar-refractivity contribution in [2.24, 2.45) is 5.41 Å². The monoisotopic (exact) mass is 109 g/mol. The molecule has 1 nitrogen and oxygen atoms in total. The summed E-state index contributed by atoms with van der Waals surface area (Å²) in [7, 11) is 0. The third-order valence-corrected chi connectivity index (χ3v) is 0.649. The van der Waals surface area contributed by atoms with Gasteiger partial charge in [-0.25, -0.2) is 4.85 Å². The van der Waals surface area contributed by atoms with Crippen LogP contribution < -0.4 is 0 Å². The van der Waals surface area contributed by atoms with E-state index in [0.717, 1.165) is 0 Å². The van der Waals surface area contributed by atoms with E-state index in [0.29, 0.717) is 0 Å². The standard InChI is InChI=1S/C7H11N/c1-7(2,3)5-6-8-4/h5-6H,1-3H3/b6-5-. The zero-order valence-corrected chi connectivity index (χ0v) is 5.60. The fourth-order valence-corrected chi connectivity index (χ4v) is 0.261. The Morgan fingerprint density at radius 3 is 2.00 bits per heavy atom. The van der Waals surface area contributed by atoms with Crippen molar-refractivity contribution in [1.82, 2.24) is 0 Å². The molecule has 0 aliphatic rings. The SMILES string of the molecule is [C-]#[N+]/C=C\C(C)(C)C. The summed E-state index contributed by atoms with van der Waals surface area (Å²) in [6.07, 6.45) is 3.39. The summed E-state index contributed by atoms with van der Waals surface area (Å²) in [6.45, 7) is 12.6. The molecule has 0 unspecified atom stereocenters. The summed E-state index contributed by atoms with van der Waals surface area (Å²) < 4.78 is 0. The highest BCUT2D eigenvalue weighted by atomic mass is 14.6. The fraction of sp³-hybridized carbons (Fsp3) is 0.571. The maximum atomic E-state index is 6.42. The van der Waals surface area contributed by atoms with E-state index in [2.05, 4.69) is 25.6 Å². The normalized spacial score (nSPS) is 11.8. The molecule has 0 rings (SSSR count). The molecular weight excluding hydrogens is 98.1 g/mol. The first-order valence-electron chi connectivity index (χ1n) is 2.60. The average molecular weight is 109 g/mol. The Labute approximate surface area is 50.8 Å². The summed E-state index contributed by atoms with van der Waals surface area (Å²) in [5, 5.41) is 0. The van der Waals surface area contributed by atoms with Crippen LogP contribution in [0.1, 0.15) is 20.8 Å². The maximum Gasteiger partial charge on any atom is 0.150 e. The van der Waals surface area contributed by atoms with Crippen LogP contribution in [0, 0.1) is 12.0 Å². The summed E-state index contributed by atoms with van der Waals surface area (Å²) in [6, 6.07) is 0. The van der Waals surface area contributed by atoms with E-state index in [-0.39, 0.29) is 5.41 Å². The van der Waals surface area contributed by atoms with Gasteiger partial charge in [-0.3, -0.25) is 0 Å². The summed E-state index contributed by atoms with van der Waals surface area (Å²) in [5.74, 6) is 0. The van der Waals surface area contributed by atoms with Crippen molar-refractivity contribution < 1.29 is 0 Å². The molecule has 0 spiro atoms. The predicted molar refractivity (Wildman–Crippen MR) is 35.2 cm³/mol. The first-order valence-corrected chi connectivity index (χ1v) is 2.60. The van der Waals surface area contributed by atoms with E-state index in [9.17, 15) is 0 Å². The Balaban J connectivity index is 3.75. The van der Waals surface area contributed by atoms with Crippen molar-refractivity contribution in [2.75, 3.05) is 0 Å². The van der Waals surface area contributed by atoms with Crippen molar-refractivity contribution in [2.45, 2.75) is 20.8 Å². The molecule has 0 amide bonds. The van der Waals surface area contributed by atoms with Crippen LogP contribution in [-0.4, -0.2) is 0 Å². The molecular formula is C7H11N. The van der Waals surface area contributed by atoms with E-state index in [1.54, 1.807) is 0 Å². The summed E-state index contributed by atoms with van der Waals surface area (Å²) >= 11 is 0. The molecule has 0 aromatic rings. The predicted octanol–water partition coefficient (Wildman–Crippen LogP) is 2.47. The number of hydrogen-bond acceptors (Lipinski definition) is 0. The number of allylic oxidation sites excluding steroid dienone is 1. The first-order chi connectivity index (χ1) is 3.56. The van der Waals surface area contributed by atoms with E-state index in [1.165, 1.54) is 6.20 Å². The number of nitrogens with zero attached hydrogens (tertiary/aromatic N) is 1. The number of hydrogen-bond donors (Lipinski definition) is 0. The van der Waals surface area contributed by atoms with Gasteiger partial charge in [-0.15, -0.1) is 0 Å². The van der Waals surface area contributed by atoms with Crippen LogP contribution in [0.25, 0.3) is 4.85 Å². The lowest BCUT2D eigenvalue weighted by Crippen LogP contribution is -1.97. The van der Waals surface area contributed by atoms with E-state index < -0.39 is 0 Å². The zero-order valence-electron chi connectivity index (χ0n) is 5.60. The van der Waals surface area contributed by atoms with Crippen LogP contribution in [0.2, 0.25) is 0 Å². The van der Waals surface area contributed by atoms with Gasteiger partial charge in [0.1, 0.15) is 0 Å². The van der Waals surface area contributed by atoms with E-state index in [4.69, 9.17) is 6.57 Å². The van der Waals surface area contributed by atoms with Crippen molar-refractivity contribution in [3.05, 3.63) is 23.7 Å². The molecule has 44 valence electrons. The van der Waals surface area contributed by atoms with Gasteiger partial charge in [-0.1, -0.05) is 26.8 Å². The highest BCUT2D eigenvalue weighted by Crippen LogP contribution is 2.13. The summed E-state index contributed by atoms with van der Waals surface area (Å²) in [5.41, 5.74) is 0.157. The molecule has 0 saturated carbocycles. The molecule has 8 heavy (non-hydrogen) atoms. The topological polar surface area (TPSA) is 4.36 Å². The second-order valence-electron chi connectivity index (χ2n) is 2.81. The molecule has 0 saturated heterocycles. The van der Waals surface area contributed by atoms with Gasteiger partial charge in [-0.05, 0) is 5.41 Å². The number of rotatable bonds is 0. The molecule has 0 N–H and O–H groups in total. The minimum atomic E-state index is 0.157. The third-order valence-electron chi connectivity index (χ3n) is 0.649. The third kappa shape index (κ3) is 5.23. The van der Waals surface area contributed by atoms with E-state index in [1.807, 2.05) is 6.08 Å². The van der Waals surface area contributed by atoms with Gasteiger partial charge >= 0.3 is 0 Å². The highest BCUT2D eigenvalue weighted by Gasteiger charge is 2.01. The highest BCUT2D eigenvalue weighted by molar-refractivity contribution is 4.96. The van der Waals surface area contributed by atoms with Crippen LogP contribution in [0.4, 0.5) is 0 Å². The second kappa shape index (κ2) is 2.52. The van der Waals surface area contributed by atoms with Crippen LogP contribution in [0.5, 0.6) is 0 Å². The summed E-state index contributed by atoms with van der Waals surface area (Å²) in [4.78, 5) is 3.09. The second-order valence-corrected chi connectivity index (χ2v) is 2.81. The van der Waals surface area contributed by atoms with Gasteiger partial charge in [0.2, 0.25) is 0 Å². The Morgan fingerprint density at radius 1 is 1.38 bits per heavy atom. The first kappa shape index (κ1) is 7.23. The molecule has 0 atom stereocenters. The zero-order chi connectivity index (χ0) is 6.62. The van der Waals surface area contributed by atoms with Crippen molar-refractivity contribution in [3.63, 3.8) is 0 Å². The van der Waals surface area contributed by atoms with Gasteiger partial charge in [0.05, 0.1) is 6.57 Å². The molecule has 0 fully saturated rings. The smallest absolute Gasteiger partial charge is 0.150 e. The molecule has 0 aliphatic heterocycles. The molecule has 0 heterocycles. The molecule has 0 bridgehead atoms. The van der Waals surface area contributed by atoms with Gasteiger partial charge in [0, 0.05) is 0 Å². The molecule has 1 heteroatoms. The molecule has 0 radical (unpaired) electrons. The maximum absolute atomic E-state index is 6.42. The lowest BCUT2D eigenvalue weighted by atomic mass is 9.97. The van der Waals surface area contributed by atoms with Gasteiger partial charge in [0.15, 0.2) is 6.20 Å². The largest absolute Gasteiger partial charge is 0.246 e. The van der Waals surface area contributed by atoms with Gasteiger partial charge in [0.25, 0.3) is 0 Å². The molecule has 0 aromatic heterocycles. The van der Waals surface area contributed by atoms with Crippen LogP contribution >= 0.6 is 0 Å². The Hall–Kier alpha value is -0.770. The van der Waals surface area contributed by atoms with Crippen molar-refractivity contribution in [3.8, 4) is 0 Å². The van der Waals surface area contributed by atoms with Crippen molar-refractivity contribution >= 4 is 0 Å². The quantitative estimate of drug-likeness (QED) is 0.421. The lowest BCUT2D eigenvalue weighted by molar-refractivity contribution is 0.544. The van der Waals surface area contributed by atoms with E-state index >= 15 is 0 Å². The average Bonchev–Trinajstić information content (AvgIpc) is 1.59.